The Morgan fingerprint density at radius 3 is 2.60 bits per heavy atom. The number of nitrogens with zero attached hydrogens (tertiary/aromatic N) is 3. The average Bonchev–Trinajstić information content (AvgIpc) is 2.46. The minimum Gasteiger partial charge on any atom is -0.481 e. The molecule has 0 unspecified atom stereocenters. The Hall–Kier alpha value is -2.15. The van der Waals surface area contributed by atoms with Crippen molar-refractivity contribution in [3.8, 4) is 0 Å². The molecule has 1 aromatic rings. The number of primary amides is 1. The molecule has 0 aliphatic carbocycles. The van der Waals surface area contributed by atoms with E-state index in [1.807, 2.05) is 6.07 Å². The molecule has 7 heteroatoms. The van der Waals surface area contributed by atoms with Gasteiger partial charge in [-0.3, -0.25) is 19.5 Å². The third kappa shape index (κ3) is 3.67. The Balaban J connectivity index is 1.92. The summed E-state index contributed by atoms with van der Waals surface area (Å²) in [5.41, 5.74) is 6.40. The number of rotatable bonds is 5. The lowest BCUT2D eigenvalue weighted by Gasteiger charge is -2.35. The number of piperazine rings is 1. The van der Waals surface area contributed by atoms with Crippen LogP contribution in [0.4, 0.5) is 5.69 Å². The third-order valence-electron chi connectivity index (χ3n) is 3.38. The molecule has 2 rings (SSSR count). The van der Waals surface area contributed by atoms with Gasteiger partial charge in [-0.05, 0) is 12.1 Å². The molecule has 2 heterocycles. The number of aromatic nitrogens is 1. The molecule has 1 saturated heterocycles. The van der Waals surface area contributed by atoms with Crippen molar-refractivity contribution in [2.45, 2.75) is 6.42 Å². The number of carbonyl (C=O) groups is 2. The van der Waals surface area contributed by atoms with E-state index in [1.54, 1.807) is 12.3 Å². The molecule has 20 heavy (non-hydrogen) atoms. The molecular weight excluding hydrogens is 260 g/mol. The van der Waals surface area contributed by atoms with E-state index in [0.717, 1.165) is 31.9 Å². The molecule has 7 nitrogen and oxygen atoms in total. The average molecular weight is 278 g/mol. The van der Waals surface area contributed by atoms with Crippen LogP contribution >= 0.6 is 0 Å². The van der Waals surface area contributed by atoms with Crippen LogP contribution in [-0.4, -0.2) is 59.6 Å². The van der Waals surface area contributed by atoms with E-state index < -0.39 is 11.9 Å². The Kier molecular flexibility index (Phi) is 4.52. The maximum atomic E-state index is 11.1. The monoisotopic (exact) mass is 278 g/mol. The highest BCUT2D eigenvalue weighted by molar-refractivity contribution is 5.91. The second-order valence-electron chi connectivity index (χ2n) is 4.74. The van der Waals surface area contributed by atoms with E-state index >= 15 is 0 Å². The van der Waals surface area contributed by atoms with Crippen LogP contribution in [0, 0.1) is 0 Å². The summed E-state index contributed by atoms with van der Waals surface area (Å²) in [4.78, 5) is 29.8. The highest BCUT2D eigenvalue weighted by Crippen LogP contribution is 2.16. The Labute approximate surface area is 117 Å². The van der Waals surface area contributed by atoms with E-state index in [2.05, 4.69) is 14.8 Å². The zero-order chi connectivity index (χ0) is 14.5. The summed E-state index contributed by atoms with van der Waals surface area (Å²) in [6.07, 6.45) is 1.74. The summed E-state index contributed by atoms with van der Waals surface area (Å²) >= 11 is 0. The number of anilines is 1. The van der Waals surface area contributed by atoms with E-state index in [4.69, 9.17) is 10.8 Å². The molecule has 1 amide bonds. The van der Waals surface area contributed by atoms with Crippen molar-refractivity contribution in [3.05, 3.63) is 24.0 Å². The lowest BCUT2D eigenvalue weighted by atomic mass is 10.2. The summed E-state index contributed by atoms with van der Waals surface area (Å²) in [6, 6.07) is 3.54. The Bertz CT molecular complexity index is 498. The lowest BCUT2D eigenvalue weighted by Crippen LogP contribution is -2.47. The number of nitrogens with two attached hydrogens (primary N) is 1. The topological polar surface area (TPSA) is 99.8 Å². The van der Waals surface area contributed by atoms with E-state index in [9.17, 15) is 9.59 Å². The number of hydrogen-bond donors (Lipinski definition) is 2. The van der Waals surface area contributed by atoms with Gasteiger partial charge in [0.15, 0.2) is 0 Å². The fraction of sp³-hybridized carbons (Fsp3) is 0.462. The molecule has 0 atom stereocenters. The van der Waals surface area contributed by atoms with Gasteiger partial charge < -0.3 is 15.7 Å². The molecule has 3 N–H and O–H groups in total. The van der Waals surface area contributed by atoms with Crippen LogP contribution in [0.15, 0.2) is 18.3 Å². The molecule has 0 radical (unpaired) electrons. The van der Waals surface area contributed by atoms with Crippen molar-refractivity contribution in [2.24, 2.45) is 5.73 Å². The standard InChI is InChI=1S/C13H18N4O3/c14-13(20)11-9-10(1-3-15-11)17-7-5-16(6-8-17)4-2-12(18)19/h1,3,9H,2,4-8H2,(H2,14,20)(H,18,19). The van der Waals surface area contributed by atoms with Gasteiger partial charge in [-0.25, -0.2) is 0 Å². The van der Waals surface area contributed by atoms with Gasteiger partial charge >= 0.3 is 5.97 Å². The predicted octanol–water partition coefficient (Wildman–Crippen LogP) is -0.223. The second kappa shape index (κ2) is 6.33. The van der Waals surface area contributed by atoms with Gasteiger partial charge in [0.1, 0.15) is 5.69 Å². The molecule has 0 bridgehead atoms. The van der Waals surface area contributed by atoms with Crippen LogP contribution in [0.3, 0.4) is 0 Å². The van der Waals surface area contributed by atoms with Crippen LogP contribution in [0.2, 0.25) is 0 Å². The van der Waals surface area contributed by atoms with Gasteiger partial charge in [0.05, 0.1) is 6.42 Å². The molecule has 0 aromatic carbocycles. The third-order valence-corrected chi connectivity index (χ3v) is 3.38. The fourth-order valence-corrected chi connectivity index (χ4v) is 2.23. The van der Waals surface area contributed by atoms with Crippen molar-refractivity contribution in [1.29, 1.82) is 0 Å². The van der Waals surface area contributed by atoms with Gasteiger partial charge in [0, 0.05) is 44.6 Å². The van der Waals surface area contributed by atoms with E-state index in [1.165, 1.54) is 0 Å². The molecule has 0 spiro atoms. The molecular formula is C13H18N4O3. The van der Waals surface area contributed by atoms with Gasteiger partial charge in [0.2, 0.25) is 0 Å². The number of amides is 1. The molecule has 1 fully saturated rings. The van der Waals surface area contributed by atoms with Crippen molar-refractivity contribution in [1.82, 2.24) is 9.88 Å². The number of carboxylic acid groups (broad SMARTS) is 1. The smallest absolute Gasteiger partial charge is 0.304 e. The van der Waals surface area contributed by atoms with Crippen LogP contribution in [0.1, 0.15) is 16.9 Å². The minimum absolute atomic E-state index is 0.168. The first-order valence-electron chi connectivity index (χ1n) is 6.51. The predicted molar refractivity (Wildman–Crippen MR) is 73.7 cm³/mol. The van der Waals surface area contributed by atoms with Gasteiger partial charge in [0.25, 0.3) is 5.91 Å². The normalized spacial score (nSPS) is 16.1. The second-order valence-corrected chi connectivity index (χ2v) is 4.74. The van der Waals surface area contributed by atoms with Crippen molar-refractivity contribution in [2.75, 3.05) is 37.6 Å². The maximum absolute atomic E-state index is 11.1. The van der Waals surface area contributed by atoms with Crippen molar-refractivity contribution >= 4 is 17.6 Å². The van der Waals surface area contributed by atoms with Crippen LogP contribution < -0.4 is 10.6 Å². The molecule has 1 aliphatic heterocycles. The first-order valence-corrected chi connectivity index (χ1v) is 6.51. The Morgan fingerprint density at radius 1 is 1.30 bits per heavy atom. The van der Waals surface area contributed by atoms with Crippen LogP contribution in [0.25, 0.3) is 0 Å². The summed E-state index contributed by atoms with van der Waals surface area (Å²) in [6.45, 7) is 3.78. The van der Waals surface area contributed by atoms with Gasteiger partial charge in [-0.1, -0.05) is 0 Å². The van der Waals surface area contributed by atoms with Crippen molar-refractivity contribution < 1.29 is 14.7 Å². The number of carboxylic acids is 1. The quantitative estimate of drug-likeness (QED) is 0.772. The molecule has 108 valence electrons. The van der Waals surface area contributed by atoms with Gasteiger partial charge in [-0.15, -0.1) is 0 Å². The zero-order valence-corrected chi connectivity index (χ0v) is 11.2. The van der Waals surface area contributed by atoms with E-state index in [0.29, 0.717) is 6.54 Å². The number of pyridine rings is 1. The molecule has 1 aromatic heterocycles. The largest absolute Gasteiger partial charge is 0.481 e. The number of aliphatic carboxylic acids is 1. The first-order chi connectivity index (χ1) is 9.56. The number of hydrogen-bond acceptors (Lipinski definition) is 5. The molecule has 1 aliphatic rings. The summed E-state index contributed by atoms with van der Waals surface area (Å²) in [7, 11) is 0. The molecule has 0 saturated carbocycles. The SMILES string of the molecule is NC(=O)c1cc(N2CCN(CCC(=O)O)CC2)ccn1. The van der Waals surface area contributed by atoms with Crippen LogP contribution in [-0.2, 0) is 4.79 Å². The summed E-state index contributed by atoms with van der Waals surface area (Å²) < 4.78 is 0. The minimum atomic E-state index is -0.771. The van der Waals surface area contributed by atoms with Crippen molar-refractivity contribution in [3.63, 3.8) is 0 Å². The van der Waals surface area contributed by atoms with Crippen LogP contribution in [0.5, 0.6) is 0 Å². The number of carbonyl (C=O) groups excluding carboxylic acids is 1. The summed E-state index contributed by atoms with van der Waals surface area (Å²) in [5, 5.41) is 8.67. The van der Waals surface area contributed by atoms with E-state index in [-0.39, 0.29) is 12.1 Å². The summed E-state index contributed by atoms with van der Waals surface area (Å²) in [5.74, 6) is -1.31. The fourth-order valence-electron chi connectivity index (χ4n) is 2.23. The highest BCUT2D eigenvalue weighted by Gasteiger charge is 2.18. The Morgan fingerprint density at radius 2 is 2.00 bits per heavy atom. The maximum Gasteiger partial charge on any atom is 0.304 e. The lowest BCUT2D eigenvalue weighted by molar-refractivity contribution is -0.137. The first kappa shape index (κ1) is 14.3. The van der Waals surface area contributed by atoms with Gasteiger partial charge in [-0.2, -0.15) is 0 Å². The highest BCUT2D eigenvalue weighted by atomic mass is 16.4. The zero-order valence-electron chi connectivity index (χ0n) is 11.2.